The highest BCUT2D eigenvalue weighted by molar-refractivity contribution is 14.1. The summed E-state index contributed by atoms with van der Waals surface area (Å²) in [6.07, 6.45) is 1.18. The van der Waals surface area contributed by atoms with Gasteiger partial charge in [-0.05, 0) is 28.2 Å². The first-order valence-electron chi connectivity index (χ1n) is 4.11. The maximum atomic E-state index is 9.95. The number of thiazole rings is 1. The molecule has 2 rings (SSSR count). The Kier molecular flexibility index (Phi) is 3.15. The van der Waals surface area contributed by atoms with Crippen LogP contribution in [0, 0.1) is 2.88 Å². The average Bonchev–Trinajstić information content (AvgIpc) is 2.65. The zero-order valence-electron chi connectivity index (χ0n) is 7.22. The van der Waals surface area contributed by atoms with Crippen molar-refractivity contribution < 1.29 is 5.11 Å². The van der Waals surface area contributed by atoms with Crippen LogP contribution in [-0.4, -0.2) is 10.1 Å². The standard InChI is InChI=1S/C10H8INOS/c11-8-6-12-10(14-8)9(13)7-4-2-1-3-5-7/h1-6,9,13H. The number of hydrogen-bond donors (Lipinski definition) is 1. The lowest BCUT2D eigenvalue weighted by Gasteiger charge is -2.06. The fourth-order valence-corrected chi connectivity index (χ4v) is 2.65. The smallest absolute Gasteiger partial charge is 0.131 e. The highest BCUT2D eigenvalue weighted by Crippen LogP contribution is 2.26. The second-order valence-corrected chi connectivity index (χ2v) is 5.77. The van der Waals surface area contributed by atoms with Gasteiger partial charge in [0.15, 0.2) is 0 Å². The summed E-state index contributed by atoms with van der Waals surface area (Å²) in [5.41, 5.74) is 0.887. The molecule has 2 aromatic rings. The molecule has 0 aliphatic carbocycles. The summed E-state index contributed by atoms with van der Waals surface area (Å²) in [6.45, 7) is 0. The zero-order chi connectivity index (χ0) is 9.97. The van der Waals surface area contributed by atoms with E-state index in [1.165, 1.54) is 11.3 Å². The van der Waals surface area contributed by atoms with Crippen molar-refractivity contribution in [2.24, 2.45) is 0 Å². The lowest BCUT2D eigenvalue weighted by molar-refractivity contribution is 0.220. The van der Waals surface area contributed by atoms with Crippen molar-refractivity contribution in [3.63, 3.8) is 0 Å². The number of rotatable bonds is 2. The summed E-state index contributed by atoms with van der Waals surface area (Å²) in [7, 11) is 0. The van der Waals surface area contributed by atoms with Gasteiger partial charge in [0.1, 0.15) is 11.1 Å². The van der Waals surface area contributed by atoms with Gasteiger partial charge in [0.2, 0.25) is 0 Å². The molecule has 14 heavy (non-hydrogen) atoms. The quantitative estimate of drug-likeness (QED) is 0.864. The van der Waals surface area contributed by atoms with Gasteiger partial charge in [0, 0.05) is 0 Å². The van der Waals surface area contributed by atoms with Crippen LogP contribution in [0.15, 0.2) is 36.5 Å². The Morgan fingerprint density at radius 2 is 2.00 bits per heavy atom. The molecular weight excluding hydrogens is 309 g/mol. The molecule has 2 nitrogen and oxygen atoms in total. The predicted octanol–water partition coefficient (Wildman–Crippen LogP) is 2.83. The highest BCUT2D eigenvalue weighted by atomic mass is 127. The minimum atomic E-state index is -0.593. The van der Waals surface area contributed by atoms with Gasteiger partial charge >= 0.3 is 0 Å². The van der Waals surface area contributed by atoms with Crippen LogP contribution in [0.5, 0.6) is 0 Å². The second kappa shape index (κ2) is 4.37. The van der Waals surface area contributed by atoms with Crippen LogP contribution in [0.4, 0.5) is 0 Å². The van der Waals surface area contributed by atoms with E-state index in [0.717, 1.165) is 13.5 Å². The lowest BCUT2D eigenvalue weighted by Crippen LogP contribution is -1.97. The monoisotopic (exact) mass is 317 g/mol. The third-order valence-corrected chi connectivity index (χ3v) is 3.62. The third-order valence-electron chi connectivity index (χ3n) is 1.84. The zero-order valence-corrected chi connectivity index (χ0v) is 10.2. The van der Waals surface area contributed by atoms with Crippen molar-refractivity contribution >= 4 is 33.9 Å². The summed E-state index contributed by atoms with van der Waals surface area (Å²) in [6, 6.07) is 9.56. The van der Waals surface area contributed by atoms with Crippen molar-refractivity contribution in [1.29, 1.82) is 0 Å². The molecule has 0 spiro atoms. The Labute approximate surface area is 99.8 Å². The lowest BCUT2D eigenvalue weighted by atomic mass is 10.1. The van der Waals surface area contributed by atoms with Crippen molar-refractivity contribution in [1.82, 2.24) is 4.98 Å². The summed E-state index contributed by atoms with van der Waals surface area (Å²) >= 11 is 3.71. The van der Waals surface area contributed by atoms with Crippen molar-refractivity contribution in [3.8, 4) is 0 Å². The minimum Gasteiger partial charge on any atom is -0.381 e. The van der Waals surface area contributed by atoms with E-state index in [1.54, 1.807) is 6.20 Å². The summed E-state index contributed by atoms with van der Waals surface area (Å²) in [5, 5.41) is 10.7. The van der Waals surface area contributed by atoms with Gasteiger partial charge in [-0.1, -0.05) is 30.3 Å². The molecule has 1 aromatic carbocycles. The number of benzene rings is 1. The number of nitrogens with zero attached hydrogens (tertiary/aromatic N) is 1. The number of hydrogen-bond acceptors (Lipinski definition) is 3. The van der Waals surface area contributed by atoms with Crippen LogP contribution in [0.2, 0.25) is 0 Å². The summed E-state index contributed by atoms with van der Waals surface area (Å²) in [4.78, 5) is 4.15. The second-order valence-electron chi connectivity index (χ2n) is 2.82. The van der Waals surface area contributed by atoms with Gasteiger partial charge in [-0.25, -0.2) is 4.98 Å². The third kappa shape index (κ3) is 2.13. The van der Waals surface area contributed by atoms with Crippen LogP contribution < -0.4 is 0 Å². The maximum absolute atomic E-state index is 9.95. The molecule has 0 fully saturated rings. The van der Waals surface area contributed by atoms with E-state index in [-0.39, 0.29) is 0 Å². The van der Waals surface area contributed by atoms with Crippen molar-refractivity contribution in [2.75, 3.05) is 0 Å². The molecule has 0 radical (unpaired) electrons. The first-order valence-corrected chi connectivity index (χ1v) is 6.01. The summed E-state index contributed by atoms with van der Waals surface area (Å²) < 4.78 is 1.09. The molecular formula is C10H8INOS. The van der Waals surface area contributed by atoms with E-state index < -0.39 is 6.10 Å². The van der Waals surface area contributed by atoms with Crippen LogP contribution in [0.3, 0.4) is 0 Å². The SMILES string of the molecule is OC(c1ccccc1)c1ncc(I)s1. The topological polar surface area (TPSA) is 33.1 Å². The van der Waals surface area contributed by atoms with Crippen molar-refractivity contribution in [2.45, 2.75) is 6.10 Å². The van der Waals surface area contributed by atoms with Crippen molar-refractivity contribution in [3.05, 3.63) is 50.0 Å². The average molecular weight is 317 g/mol. The van der Waals surface area contributed by atoms with Crippen LogP contribution in [0.1, 0.15) is 16.7 Å². The fraction of sp³-hybridized carbons (Fsp3) is 0.100. The van der Waals surface area contributed by atoms with Gasteiger partial charge in [-0.2, -0.15) is 0 Å². The normalized spacial score (nSPS) is 12.7. The molecule has 0 aliphatic heterocycles. The number of halogens is 1. The Hall–Kier alpha value is -0.460. The van der Waals surface area contributed by atoms with E-state index in [9.17, 15) is 5.11 Å². The Balaban J connectivity index is 2.29. The highest BCUT2D eigenvalue weighted by Gasteiger charge is 2.13. The molecule has 0 bridgehead atoms. The Bertz CT molecular complexity index is 415. The molecule has 1 aromatic heterocycles. The molecule has 1 unspecified atom stereocenters. The van der Waals surface area contributed by atoms with Crippen LogP contribution >= 0.6 is 33.9 Å². The van der Waals surface area contributed by atoms with Crippen LogP contribution in [0.25, 0.3) is 0 Å². The van der Waals surface area contributed by atoms with Gasteiger partial charge in [-0.3, -0.25) is 0 Å². The Morgan fingerprint density at radius 3 is 2.57 bits per heavy atom. The fourth-order valence-electron chi connectivity index (χ4n) is 1.17. The van der Waals surface area contributed by atoms with Gasteiger partial charge in [-0.15, -0.1) is 11.3 Å². The van der Waals surface area contributed by atoms with E-state index in [0.29, 0.717) is 0 Å². The first-order chi connectivity index (χ1) is 6.77. The van der Waals surface area contributed by atoms with Gasteiger partial charge in [0.25, 0.3) is 0 Å². The number of aromatic nitrogens is 1. The van der Waals surface area contributed by atoms with Crippen LogP contribution in [-0.2, 0) is 0 Å². The Morgan fingerprint density at radius 1 is 1.29 bits per heavy atom. The molecule has 0 aliphatic rings. The van der Waals surface area contributed by atoms with Gasteiger partial charge in [0.05, 0.1) is 9.08 Å². The van der Waals surface area contributed by atoms with E-state index >= 15 is 0 Å². The van der Waals surface area contributed by atoms with Gasteiger partial charge < -0.3 is 5.11 Å². The molecule has 72 valence electrons. The molecule has 0 amide bonds. The molecule has 0 saturated heterocycles. The predicted molar refractivity (Wildman–Crippen MR) is 65.3 cm³/mol. The van der Waals surface area contributed by atoms with E-state index in [4.69, 9.17) is 0 Å². The molecule has 4 heteroatoms. The van der Waals surface area contributed by atoms with E-state index in [2.05, 4.69) is 27.6 Å². The number of aliphatic hydroxyl groups excluding tert-OH is 1. The molecule has 1 heterocycles. The maximum Gasteiger partial charge on any atom is 0.131 e. The number of aliphatic hydroxyl groups is 1. The molecule has 1 N–H and O–H groups in total. The van der Waals surface area contributed by atoms with E-state index in [1.807, 2.05) is 30.3 Å². The molecule has 1 atom stereocenters. The first kappa shape index (κ1) is 10.1. The minimum absolute atomic E-state index is 0.593. The summed E-state index contributed by atoms with van der Waals surface area (Å²) in [5.74, 6) is 0. The largest absolute Gasteiger partial charge is 0.381 e. The molecule has 0 saturated carbocycles.